The van der Waals surface area contributed by atoms with Crippen LogP contribution in [0.2, 0.25) is 0 Å². The minimum atomic E-state index is -1.45. The molecule has 2 rings (SSSR count). The summed E-state index contributed by atoms with van der Waals surface area (Å²) in [4.78, 5) is 11.1. The fourth-order valence-corrected chi connectivity index (χ4v) is 2.22. The molecule has 0 saturated carbocycles. The molecule has 0 radical (unpaired) electrons. The van der Waals surface area contributed by atoms with E-state index in [1.807, 2.05) is 0 Å². The molecule has 4 nitrogen and oxygen atoms in total. The lowest BCUT2D eigenvalue weighted by Gasteiger charge is -2.13. The maximum atomic E-state index is 14.2. The fourth-order valence-electron chi connectivity index (χ4n) is 2.22. The summed E-state index contributed by atoms with van der Waals surface area (Å²) in [7, 11) is 1.57. The predicted octanol–water partition coefficient (Wildman–Crippen LogP) is 4.12. The maximum absolute atomic E-state index is 14.2. The number of halogens is 3. The molecule has 0 aromatic heterocycles. The van der Waals surface area contributed by atoms with E-state index in [9.17, 15) is 18.0 Å². The van der Waals surface area contributed by atoms with Gasteiger partial charge in [0.25, 0.3) is 0 Å². The lowest BCUT2D eigenvalue weighted by atomic mass is 10.1. The maximum Gasteiger partial charge on any atom is 0.337 e. The third-order valence-corrected chi connectivity index (χ3v) is 3.43. The first kappa shape index (κ1) is 17.8. The van der Waals surface area contributed by atoms with Crippen molar-refractivity contribution in [3.05, 3.63) is 58.9 Å². The second-order valence-corrected chi connectivity index (χ2v) is 5.12. The van der Waals surface area contributed by atoms with Gasteiger partial charge < -0.3 is 15.2 Å². The van der Waals surface area contributed by atoms with Gasteiger partial charge in [-0.25, -0.2) is 18.0 Å². The van der Waals surface area contributed by atoms with Gasteiger partial charge in [-0.3, -0.25) is 0 Å². The Balaban J connectivity index is 2.28. The molecule has 2 N–H and O–H groups in total. The van der Waals surface area contributed by atoms with Crippen LogP contribution >= 0.6 is 0 Å². The van der Waals surface area contributed by atoms with E-state index in [1.165, 1.54) is 12.1 Å². The SMILES string of the molecule is COCCCc1ccc(Nc2c(C(=O)O)ccc(F)c2F)c(F)c1. The van der Waals surface area contributed by atoms with Crippen molar-refractivity contribution in [2.75, 3.05) is 19.0 Å². The highest BCUT2D eigenvalue weighted by atomic mass is 19.2. The number of carboxylic acids is 1. The quantitative estimate of drug-likeness (QED) is 0.745. The third kappa shape index (κ3) is 4.05. The highest BCUT2D eigenvalue weighted by molar-refractivity contribution is 5.95. The molecular formula is C17H16F3NO3. The van der Waals surface area contributed by atoms with Crippen LogP contribution in [-0.2, 0) is 11.2 Å². The van der Waals surface area contributed by atoms with Crippen molar-refractivity contribution < 1.29 is 27.8 Å². The van der Waals surface area contributed by atoms with Gasteiger partial charge in [-0.1, -0.05) is 6.07 Å². The van der Waals surface area contributed by atoms with Gasteiger partial charge in [0, 0.05) is 13.7 Å². The van der Waals surface area contributed by atoms with E-state index in [0.717, 1.165) is 6.07 Å². The number of hydrogen-bond donors (Lipinski definition) is 2. The van der Waals surface area contributed by atoms with Crippen LogP contribution in [0.25, 0.3) is 0 Å². The van der Waals surface area contributed by atoms with Crippen LogP contribution in [0.15, 0.2) is 30.3 Å². The lowest BCUT2D eigenvalue weighted by molar-refractivity contribution is 0.0697. The molecule has 0 amide bonds. The van der Waals surface area contributed by atoms with E-state index in [4.69, 9.17) is 9.84 Å². The first-order valence-electron chi connectivity index (χ1n) is 7.19. The van der Waals surface area contributed by atoms with E-state index in [-0.39, 0.29) is 5.69 Å². The van der Waals surface area contributed by atoms with Crippen LogP contribution in [0.4, 0.5) is 24.5 Å². The van der Waals surface area contributed by atoms with Gasteiger partial charge in [0.15, 0.2) is 11.6 Å². The number of aromatic carboxylic acids is 1. The van der Waals surface area contributed by atoms with Gasteiger partial charge in [0.2, 0.25) is 0 Å². The largest absolute Gasteiger partial charge is 0.478 e. The summed E-state index contributed by atoms with van der Waals surface area (Å²) in [6.45, 7) is 0.540. The summed E-state index contributed by atoms with van der Waals surface area (Å²) >= 11 is 0. The summed E-state index contributed by atoms with van der Waals surface area (Å²) in [5.74, 6) is -4.74. The third-order valence-electron chi connectivity index (χ3n) is 3.43. The highest BCUT2D eigenvalue weighted by Gasteiger charge is 2.19. The molecular weight excluding hydrogens is 323 g/mol. The Hall–Kier alpha value is -2.54. The number of carbonyl (C=O) groups is 1. The Kier molecular flexibility index (Phi) is 5.81. The van der Waals surface area contributed by atoms with Crippen molar-refractivity contribution in [1.82, 2.24) is 0 Å². The van der Waals surface area contributed by atoms with Crippen molar-refractivity contribution >= 4 is 17.3 Å². The van der Waals surface area contributed by atoms with Gasteiger partial charge in [-0.15, -0.1) is 0 Å². The van der Waals surface area contributed by atoms with Crippen molar-refractivity contribution in [2.24, 2.45) is 0 Å². The first-order valence-corrected chi connectivity index (χ1v) is 7.19. The second-order valence-electron chi connectivity index (χ2n) is 5.12. The Morgan fingerprint density at radius 3 is 2.54 bits per heavy atom. The standard InChI is InChI=1S/C17H16F3NO3/c1-24-8-2-3-10-4-7-14(13(19)9-10)21-16-11(17(22)23)5-6-12(18)15(16)20/h4-7,9,21H,2-3,8H2,1H3,(H,22,23). The number of aryl methyl sites for hydroxylation is 1. The Labute approximate surface area is 136 Å². The van der Waals surface area contributed by atoms with Crippen LogP contribution in [0.3, 0.4) is 0 Å². The number of carboxylic acid groups (broad SMARTS) is 1. The number of anilines is 2. The number of methoxy groups -OCH3 is 1. The molecule has 128 valence electrons. The van der Waals surface area contributed by atoms with Crippen LogP contribution in [0.5, 0.6) is 0 Å². The normalized spacial score (nSPS) is 10.7. The zero-order chi connectivity index (χ0) is 17.7. The molecule has 2 aromatic rings. The molecule has 0 aliphatic heterocycles. The van der Waals surface area contributed by atoms with Gasteiger partial charge in [0.1, 0.15) is 5.82 Å². The molecule has 0 heterocycles. The molecule has 24 heavy (non-hydrogen) atoms. The second kappa shape index (κ2) is 7.83. The van der Waals surface area contributed by atoms with Crippen LogP contribution in [0, 0.1) is 17.5 Å². The van der Waals surface area contributed by atoms with Gasteiger partial charge >= 0.3 is 5.97 Å². The number of rotatable bonds is 7. The molecule has 2 aromatic carbocycles. The van der Waals surface area contributed by atoms with Gasteiger partial charge in [-0.2, -0.15) is 0 Å². The minimum Gasteiger partial charge on any atom is -0.478 e. The van der Waals surface area contributed by atoms with Gasteiger partial charge in [0.05, 0.1) is 16.9 Å². The molecule has 0 spiro atoms. The van der Waals surface area contributed by atoms with Gasteiger partial charge in [-0.05, 0) is 42.7 Å². The fraction of sp³-hybridized carbons (Fsp3) is 0.235. The summed E-state index contributed by atoms with van der Waals surface area (Å²) in [5, 5.41) is 11.4. The van der Waals surface area contributed by atoms with Crippen LogP contribution < -0.4 is 5.32 Å². The summed E-state index contributed by atoms with van der Waals surface area (Å²) in [5.41, 5.74) is -0.531. The van der Waals surface area contributed by atoms with E-state index < -0.39 is 34.7 Å². The van der Waals surface area contributed by atoms with E-state index in [0.29, 0.717) is 31.1 Å². The van der Waals surface area contributed by atoms with Crippen molar-refractivity contribution in [3.8, 4) is 0 Å². The minimum absolute atomic E-state index is 0.141. The van der Waals surface area contributed by atoms with E-state index >= 15 is 0 Å². The zero-order valence-corrected chi connectivity index (χ0v) is 12.9. The monoisotopic (exact) mass is 339 g/mol. The summed E-state index contributed by atoms with van der Waals surface area (Å²) in [6.07, 6.45) is 1.31. The number of hydrogen-bond acceptors (Lipinski definition) is 3. The smallest absolute Gasteiger partial charge is 0.337 e. The molecule has 0 saturated heterocycles. The van der Waals surface area contributed by atoms with E-state index in [1.54, 1.807) is 13.2 Å². The molecule has 0 aliphatic carbocycles. The van der Waals surface area contributed by atoms with Crippen molar-refractivity contribution in [2.45, 2.75) is 12.8 Å². The van der Waals surface area contributed by atoms with Crippen LogP contribution in [-0.4, -0.2) is 24.8 Å². The van der Waals surface area contributed by atoms with Crippen LogP contribution in [0.1, 0.15) is 22.3 Å². The van der Waals surface area contributed by atoms with E-state index in [2.05, 4.69) is 5.32 Å². The van der Waals surface area contributed by atoms with Crippen molar-refractivity contribution in [1.29, 1.82) is 0 Å². The zero-order valence-electron chi connectivity index (χ0n) is 12.9. The number of nitrogens with one attached hydrogen (secondary N) is 1. The molecule has 0 unspecified atom stereocenters. The molecule has 0 bridgehead atoms. The molecule has 7 heteroatoms. The lowest BCUT2D eigenvalue weighted by Crippen LogP contribution is -2.07. The number of benzene rings is 2. The highest BCUT2D eigenvalue weighted by Crippen LogP contribution is 2.28. The average molecular weight is 339 g/mol. The molecule has 0 fully saturated rings. The molecule has 0 aliphatic rings. The molecule has 0 atom stereocenters. The Bertz CT molecular complexity index is 750. The first-order chi connectivity index (χ1) is 11.4. The topological polar surface area (TPSA) is 58.6 Å². The Morgan fingerprint density at radius 2 is 1.92 bits per heavy atom. The average Bonchev–Trinajstić information content (AvgIpc) is 2.54. The summed E-state index contributed by atoms with van der Waals surface area (Å²) in [6, 6.07) is 5.86. The van der Waals surface area contributed by atoms with Crippen molar-refractivity contribution in [3.63, 3.8) is 0 Å². The number of ether oxygens (including phenoxy) is 1. The summed E-state index contributed by atoms with van der Waals surface area (Å²) < 4.78 is 46.3. The predicted molar refractivity (Wildman–Crippen MR) is 83.2 cm³/mol. The Morgan fingerprint density at radius 1 is 1.17 bits per heavy atom.